The largest absolute Gasteiger partial charge is 0.271 e. The van der Waals surface area contributed by atoms with Gasteiger partial charge >= 0.3 is 0 Å². The normalized spacial score (nSPS) is 9.70. The van der Waals surface area contributed by atoms with E-state index in [0.29, 0.717) is 0 Å². The van der Waals surface area contributed by atoms with E-state index < -0.39 is 16.7 Å². The molecular weight excluding hydrogens is 306 g/mol. The van der Waals surface area contributed by atoms with Gasteiger partial charge in [0.25, 0.3) is 23.3 Å². The zero-order chi connectivity index (χ0) is 16.8. The first-order chi connectivity index (χ1) is 11.0. The number of nitrogens with zero attached hydrogens (tertiary/aromatic N) is 5. The average Bonchev–Trinajstić information content (AvgIpc) is 3.00. The van der Waals surface area contributed by atoms with Crippen molar-refractivity contribution in [3.8, 4) is 6.07 Å². The van der Waals surface area contributed by atoms with Crippen LogP contribution >= 0.6 is 0 Å². The molecular formula is C12H9N7O4. The summed E-state index contributed by atoms with van der Waals surface area (Å²) in [6, 6.07) is 6.75. The molecule has 2 N–H and O–H groups in total. The van der Waals surface area contributed by atoms with E-state index in [1.54, 1.807) is 6.07 Å². The third kappa shape index (κ3) is 4.08. The van der Waals surface area contributed by atoms with Gasteiger partial charge in [0.1, 0.15) is 18.9 Å². The molecule has 2 aromatic rings. The van der Waals surface area contributed by atoms with Gasteiger partial charge < -0.3 is 0 Å². The molecule has 0 aliphatic heterocycles. The van der Waals surface area contributed by atoms with Gasteiger partial charge in [0, 0.05) is 17.7 Å². The number of hydrogen-bond donors (Lipinski definition) is 2. The quantitative estimate of drug-likeness (QED) is 0.570. The van der Waals surface area contributed by atoms with Gasteiger partial charge in [-0.25, -0.2) is 9.67 Å². The van der Waals surface area contributed by atoms with E-state index >= 15 is 0 Å². The fraction of sp³-hybridized carbons (Fsp3) is 0.0833. The van der Waals surface area contributed by atoms with E-state index in [1.165, 1.54) is 24.5 Å². The molecule has 0 saturated carbocycles. The Morgan fingerprint density at radius 3 is 2.83 bits per heavy atom. The summed E-state index contributed by atoms with van der Waals surface area (Å²) in [5, 5.41) is 22.9. The van der Waals surface area contributed by atoms with Gasteiger partial charge in [-0.2, -0.15) is 5.26 Å². The minimum absolute atomic E-state index is 0.0204. The SMILES string of the molecule is N#Cc1ncn(CC(=O)NNC(=O)c2cccc([N+](=O)[O-])c2)n1. The molecule has 23 heavy (non-hydrogen) atoms. The van der Waals surface area contributed by atoms with E-state index in [9.17, 15) is 19.7 Å². The summed E-state index contributed by atoms with van der Waals surface area (Å²) >= 11 is 0. The van der Waals surface area contributed by atoms with E-state index in [-0.39, 0.29) is 23.6 Å². The standard InChI is InChI=1S/C12H9N7O4/c13-5-10-14-7-18(17-10)6-11(20)15-16-12(21)8-2-1-3-9(4-8)19(22)23/h1-4,7H,6H2,(H,15,20)(H,16,21). The summed E-state index contributed by atoms with van der Waals surface area (Å²) in [4.78, 5) is 37.0. The average molecular weight is 315 g/mol. The van der Waals surface area contributed by atoms with E-state index in [2.05, 4.69) is 20.9 Å². The molecule has 116 valence electrons. The molecule has 0 atom stereocenters. The summed E-state index contributed by atoms with van der Waals surface area (Å²) in [5.41, 5.74) is 4.02. The van der Waals surface area contributed by atoms with Crippen LogP contribution in [0.4, 0.5) is 5.69 Å². The second-order valence-electron chi connectivity index (χ2n) is 4.19. The third-order valence-corrected chi connectivity index (χ3v) is 2.58. The number of nitriles is 1. The number of rotatable bonds is 4. The van der Waals surface area contributed by atoms with Gasteiger partial charge in [-0.15, -0.1) is 5.10 Å². The molecule has 1 heterocycles. The number of carbonyl (C=O) groups excluding carboxylic acids is 2. The number of amides is 2. The lowest BCUT2D eigenvalue weighted by molar-refractivity contribution is -0.384. The van der Waals surface area contributed by atoms with Crippen molar-refractivity contribution in [3.05, 3.63) is 52.1 Å². The molecule has 0 aliphatic rings. The highest BCUT2D eigenvalue weighted by molar-refractivity contribution is 5.95. The van der Waals surface area contributed by atoms with Crippen molar-refractivity contribution < 1.29 is 14.5 Å². The Morgan fingerprint density at radius 1 is 1.39 bits per heavy atom. The smallest absolute Gasteiger partial charge is 0.270 e. The highest BCUT2D eigenvalue weighted by atomic mass is 16.6. The molecule has 0 saturated heterocycles. The molecule has 0 unspecified atom stereocenters. The summed E-state index contributed by atoms with van der Waals surface area (Å²) < 4.78 is 1.12. The summed E-state index contributed by atoms with van der Waals surface area (Å²) in [6.45, 7) is -0.260. The Morgan fingerprint density at radius 2 is 2.17 bits per heavy atom. The third-order valence-electron chi connectivity index (χ3n) is 2.58. The van der Waals surface area contributed by atoms with Crippen molar-refractivity contribution in [2.24, 2.45) is 0 Å². The monoisotopic (exact) mass is 315 g/mol. The molecule has 0 radical (unpaired) electrons. The van der Waals surface area contributed by atoms with Crippen LogP contribution in [-0.2, 0) is 11.3 Å². The first-order valence-corrected chi connectivity index (χ1v) is 6.13. The maximum absolute atomic E-state index is 11.8. The molecule has 0 aliphatic carbocycles. The topological polar surface area (TPSA) is 156 Å². The maximum Gasteiger partial charge on any atom is 0.270 e. The van der Waals surface area contributed by atoms with Crippen LogP contribution in [-0.4, -0.2) is 31.5 Å². The fourth-order valence-electron chi connectivity index (χ4n) is 1.57. The molecule has 11 nitrogen and oxygen atoms in total. The Kier molecular flexibility index (Phi) is 4.58. The van der Waals surface area contributed by atoms with E-state index in [4.69, 9.17) is 5.26 Å². The summed E-state index contributed by atoms with van der Waals surface area (Å²) in [7, 11) is 0. The van der Waals surface area contributed by atoms with Gasteiger partial charge in [-0.1, -0.05) is 6.07 Å². The van der Waals surface area contributed by atoms with Gasteiger partial charge in [-0.05, 0) is 6.07 Å². The van der Waals surface area contributed by atoms with Crippen LogP contribution in [0, 0.1) is 21.4 Å². The second kappa shape index (κ2) is 6.76. The number of carbonyl (C=O) groups is 2. The number of nitrogens with one attached hydrogen (secondary N) is 2. The van der Waals surface area contributed by atoms with E-state index in [0.717, 1.165) is 10.7 Å². The Hall–Kier alpha value is -3.81. The Balaban J connectivity index is 1.91. The van der Waals surface area contributed by atoms with Crippen LogP contribution in [0.5, 0.6) is 0 Å². The predicted molar refractivity (Wildman–Crippen MR) is 73.4 cm³/mol. The Labute approximate surface area is 128 Å². The van der Waals surface area contributed by atoms with Gasteiger partial charge in [0.15, 0.2) is 0 Å². The van der Waals surface area contributed by atoms with Crippen molar-refractivity contribution in [1.82, 2.24) is 25.6 Å². The van der Waals surface area contributed by atoms with Crippen molar-refractivity contribution in [3.63, 3.8) is 0 Å². The lowest BCUT2D eigenvalue weighted by Gasteiger charge is -2.07. The van der Waals surface area contributed by atoms with Crippen molar-refractivity contribution in [2.75, 3.05) is 0 Å². The zero-order valence-corrected chi connectivity index (χ0v) is 11.5. The van der Waals surface area contributed by atoms with E-state index in [1.807, 2.05) is 0 Å². The maximum atomic E-state index is 11.8. The molecule has 0 fully saturated rings. The number of aromatic nitrogens is 3. The molecule has 0 bridgehead atoms. The number of nitro groups is 1. The summed E-state index contributed by atoms with van der Waals surface area (Å²) in [6.07, 6.45) is 1.19. The first kappa shape index (κ1) is 15.6. The van der Waals surface area contributed by atoms with Crippen LogP contribution in [0.15, 0.2) is 30.6 Å². The molecule has 2 rings (SSSR count). The Bertz CT molecular complexity index is 808. The molecule has 1 aromatic heterocycles. The highest BCUT2D eigenvalue weighted by Crippen LogP contribution is 2.12. The highest BCUT2D eigenvalue weighted by Gasteiger charge is 2.12. The molecule has 1 aromatic carbocycles. The molecule has 11 heteroatoms. The predicted octanol–water partition coefficient (Wildman–Crippen LogP) is -0.481. The second-order valence-corrected chi connectivity index (χ2v) is 4.19. The van der Waals surface area contributed by atoms with Crippen LogP contribution in [0.3, 0.4) is 0 Å². The number of hydrogen-bond acceptors (Lipinski definition) is 7. The van der Waals surface area contributed by atoms with Gasteiger partial charge in [0.2, 0.25) is 0 Å². The van der Waals surface area contributed by atoms with Crippen LogP contribution < -0.4 is 10.9 Å². The number of non-ortho nitro benzene ring substituents is 1. The summed E-state index contributed by atoms with van der Waals surface area (Å²) in [5.74, 6) is -1.41. The lowest BCUT2D eigenvalue weighted by atomic mass is 10.2. The van der Waals surface area contributed by atoms with Crippen molar-refractivity contribution in [1.29, 1.82) is 5.26 Å². The van der Waals surface area contributed by atoms with Gasteiger partial charge in [0.05, 0.1) is 4.92 Å². The first-order valence-electron chi connectivity index (χ1n) is 6.13. The lowest BCUT2D eigenvalue weighted by Crippen LogP contribution is -2.43. The van der Waals surface area contributed by atoms with Crippen LogP contribution in [0.1, 0.15) is 16.2 Å². The number of hydrazine groups is 1. The van der Waals surface area contributed by atoms with Crippen LogP contribution in [0.2, 0.25) is 0 Å². The fourth-order valence-corrected chi connectivity index (χ4v) is 1.57. The van der Waals surface area contributed by atoms with Crippen molar-refractivity contribution >= 4 is 17.5 Å². The van der Waals surface area contributed by atoms with Gasteiger partial charge in [-0.3, -0.25) is 30.6 Å². The minimum Gasteiger partial charge on any atom is -0.271 e. The number of benzene rings is 1. The number of nitro benzene ring substituents is 1. The zero-order valence-electron chi connectivity index (χ0n) is 11.5. The molecule has 2 amide bonds. The van der Waals surface area contributed by atoms with Crippen molar-refractivity contribution in [2.45, 2.75) is 6.54 Å². The minimum atomic E-state index is -0.710. The molecule has 0 spiro atoms. The van der Waals surface area contributed by atoms with Crippen LogP contribution in [0.25, 0.3) is 0 Å².